The maximum Gasteiger partial charge on any atom is 0.255 e. The lowest BCUT2D eigenvalue weighted by Crippen LogP contribution is -2.54. The molecule has 0 radical (unpaired) electrons. The lowest BCUT2D eigenvalue weighted by Gasteiger charge is -2.26. The minimum atomic E-state index is -1.11. The Morgan fingerprint density at radius 2 is 1.54 bits per heavy atom. The van der Waals surface area contributed by atoms with Gasteiger partial charge in [0.05, 0.1) is 18.6 Å². The maximum absolute atomic E-state index is 13.4. The smallest absolute Gasteiger partial charge is 0.255 e. The van der Waals surface area contributed by atoms with Gasteiger partial charge in [0.2, 0.25) is 17.7 Å². The molecule has 9 heteroatoms. The summed E-state index contributed by atoms with van der Waals surface area (Å²) in [5.41, 5.74) is 1.22. The first kappa shape index (κ1) is 30.1. The lowest BCUT2D eigenvalue weighted by atomic mass is 9.95. The lowest BCUT2D eigenvalue weighted by molar-refractivity contribution is -0.131. The molecule has 2 aromatic rings. The zero-order chi connectivity index (χ0) is 28.9. The Hall–Kier alpha value is -3.88. The number of nitrogens with one attached hydrogen (secondary N) is 4. The highest BCUT2D eigenvalue weighted by atomic mass is 16.5. The molecule has 4 N–H and O–H groups in total. The van der Waals surface area contributed by atoms with E-state index in [9.17, 15) is 19.2 Å². The number of rotatable bonds is 4. The Morgan fingerprint density at radius 3 is 2.34 bits per heavy atom. The molecule has 2 atom stereocenters. The van der Waals surface area contributed by atoms with Crippen molar-refractivity contribution in [3.05, 3.63) is 65.7 Å². The second kappa shape index (κ2) is 15.8. The zero-order valence-electron chi connectivity index (χ0n) is 23.7. The molecular formula is C32H42N4O5. The van der Waals surface area contributed by atoms with Crippen molar-refractivity contribution in [3.8, 4) is 5.75 Å². The number of amides is 4. The van der Waals surface area contributed by atoms with Gasteiger partial charge in [0.25, 0.3) is 5.91 Å². The van der Waals surface area contributed by atoms with Gasteiger partial charge in [-0.15, -0.1) is 0 Å². The highest BCUT2D eigenvalue weighted by molar-refractivity contribution is 6.01. The summed E-state index contributed by atoms with van der Waals surface area (Å²) in [4.78, 5) is 53.3. The second-order valence-electron chi connectivity index (χ2n) is 10.9. The van der Waals surface area contributed by atoms with E-state index in [2.05, 4.69) is 21.3 Å². The number of carbonyl (C=O) groups is 4. The van der Waals surface area contributed by atoms with Crippen LogP contribution >= 0.6 is 0 Å². The van der Waals surface area contributed by atoms with Gasteiger partial charge >= 0.3 is 0 Å². The molecule has 9 nitrogen and oxygen atoms in total. The van der Waals surface area contributed by atoms with E-state index in [-0.39, 0.29) is 18.4 Å². The van der Waals surface area contributed by atoms with Gasteiger partial charge < -0.3 is 26.0 Å². The number of ether oxygens (including phenoxy) is 1. The normalized spacial score (nSPS) is 22.0. The zero-order valence-corrected chi connectivity index (χ0v) is 23.7. The van der Waals surface area contributed by atoms with Crippen LogP contribution in [-0.2, 0) is 20.8 Å². The standard InChI is InChI=1S/C32H42N4O5/c37-29-22-27(32(40)34-24-15-7-4-8-16-24)36-30(38)25-17-9-10-18-28(25)41-20-12-2-1-11-19-33-31(39)26(35-29)21-23-13-5-3-6-14-23/h3,5-6,9-10,13-14,17-18,24,26-27H,1-2,4,7-8,11-12,15-16,19-22H2,(H,33,39)(H,34,40)(H,35,37)(H,36,38)/t26-,27-/m0/s1. The predicted molar refractivity (Wildman–Crippen MR) is 156 cm³/mol. The molecule has 1 fully saturated rings. The SMILES string of the molecule is O=C1C[C@@H](C(=O)NC2CCCCC2)NC(=O)c2ccccc2OCCCCCCNC(=O)[C@H](Cc2ccccc2)N1. The van der Waals surface area contributed by atoms with Crippen LogP contribution in [0.4, 0.5) is 0 Å². The molecule has 0 bridgehead atoms. The van der Waals surface area contributed by atoms with Crippen LogP contribution in [0, 0.1) is 0 Å². The van der Waals surface area contributed by atoms with Crippen LogP contribution in [0.3, 0.4) is 0 Å². The minimum Gasteiger partial charge on any atom is -0.493 e. The van der Waals surface area contributed by atoms with Gasteiger partial charge in [-0.2, -0.15) is 0 Å². The largest absolute Gasteiger partial charge is 0.493 e. The minimum absolute atomic E-state index is 0.0106. The quantitative estimate of drug-likeness (QED) is 0.455. The molecule has 0 unspecified atom stereocenters. The number of para-hydroxylation sites is 1. The molecule has 2 aliphatic rings. The monoisotopic (exact) mass is 562 g/mol. The Morgan fingerprint density at radius 1 is 0.829 bits per heavy atom. The average molecular weight is 563 g/mol. The molecular weight excluding hydrogens is 520 g/mol. The molecule has 2 aromatic carbocycles. The van der Waals surface area contributed by atoms with Crippen LogP contribution in [0.2, 0.25) is 0 Å². The van der Waals surface area contributed by atoms with Crippen LogP contribution in [0.5, 0.6) is 5.75 Å². The van der Waals surface area contributed by atoms with Crippen molar-refractivity contribution < 1.29 is 23.9 Å². The van der Waals surface area contributed by atoms with Crippen molar-refractivity contribution >= 4 is 23.6 Å². The average Bonchev–Trinajstić information content (AvgIpc) is 2.98. The first-order chi connectivity index (χ1) is 20.0. The summed E-state index contributed by atoms with van der Waals surface area (Å²) in [7, 11) is 0. The molecule has 1 saturated carbocycles. The molecule has 1 heterocycles. The Balaban J connectivity index is 1.55. The summed E-state index contributed by atoms with van der Waals surface area (Å²) < 4.78 is 5.92. The summed E-state index contributed by atoms with van der Waals surface area (Å²) in [5, 5.41) is 11.6. The van der Waals surface area contributed by atoms with E-state index in [1.54, 1.807) is 24.3 Å². The molecule has 0 saturated heterocycles. The van der Waals surface area contributed by atoms with E-state index in [4.69, 9.17) is 4.74 Å². The predicted octanol–water partition coefficient (Wildman–Crippen LogP) is 3.42. The first-order valence-corrected chi connectivity index (χ1v) is 14.9. The van der Waals surface area contributed by atoms with Gasteiger partial charge in [0.15, 0.2) is 0 Å². The number of hydrogen-bond acceptors (Lipinski definition) is 5. The third kappa shape index (κ3) is 9.62. The van der Waals surface area contributed by atoms with Gasteiger partial charge in [0, 0.05) is 19.0 Å². The van der Waals surface area contributed by atoms with Crippen molar-refractivity contribution in [1.82, 2.24) is 21.3 Å². The summed E-state index contributed by atoms with van der Waals surface area (Å²) in [6, 6.07) is 14.5. The summed E-state index contributed by atoms with van der Waals surface area (Å²) in [5.74, 6) is -1.21. The van der Waals surface area contributed by atoms with Crippen molar-refractivity contribution in [2.45, 2.75) is 88.8 Å². The van der Waals surface area contributed by atoms with E-state index in [0.717, 1.165) is 63.4 Å². The highest BCUT2D eigenvalue weighted by Crippen LogP contribution is 2.20. The Labute approximate surface area is 242 Å². The molecule has 0 spiro atoms. The van der Waals surface area contributed by atoms with E-state index in [0.29, 0.717) is 30.9 Å². The highest BCUT2D eigenvalue weighted by Gasteiger charge is 2.30. The molecule has 41 heavy (non-hydrogen) atoms. The van der Waals surface area contributed by atoms with Crippen molar-refractivity contribution in [2.24, 2.45) is 0 Å². The number of carbonyl (C=O) groups excluding carboxylic acids is 4. The third-order valence-electron chi connectivity index (χ3n) is 7.66. The van der Waals surface area contributed by atoms with Crippen LogP contribution in [-0.4, -0.2) is 54.9 Å². The molecule has 220 valence electrons. The van der Waals surface area contributed by atoms with E-state index in [1.165, 1.54) is 0 Å². The summed E-state index contributed by atoms with van der Waals surface area (Å²) in [6.45, 7) is 0.954. The Kier molecular flexibility index (Phi) is 11.6. The van der Waals surface area contributed by atoms with Crippen LogP contribution in [0.1, 0.15) is 80.1 Å². The van der Waals surface area contributed by atoms with Gasteiger partial charge in [-0.1, -0.05) is 74.6 Å². The fourth-order valence-corrected chi connectivity index (χ4v) is 5.37. The molecule has 0 aromatic heterocycles. The number of benzene rings is 2. The summed E-state index contributed by atoms with van der Waals surface area (Å²) in [6.07, 6.45) is 8.40. The maximum atomic E-state index is 13.4. The fourth-order valence-electron chi connectivity index (χ4n) is 5.37. The number of fused-ring (bicyclic) bond motifs is 1. The Bertz CT molecular complexity index is 1170. The third-order valence-corrected chi connectivity index (χ3v) is 7.66. The van der Waals surface area contributed by atoms with Gasteiger partial charge in [0.1, 0.15) is 17.8 Å². The van der Waals surface area contributed by atoms with E-state index >= 15 is 0 Å². The molecule has 1 aliphatic carbocycles. The van der Waals surface area contributed by atoms with Crippen LogP contribution < -0.4 is 26.0 Å². The molecule has 1 aliphatic heterocycles. The van der Waals surface area contributed by atoms with Crippen molar-refractivity contribution in [2.75, 3.05) is 13.2 Å². The first-order valence-electron chi connectivity index (χ1n) is 14.9. The van der Waals surface area contributed by atoms with Crippen LogP contribution in [0.25, 0.3) is 0 Å². The van der Waals surface area contributed by atoms with Crippen molar-refractivity contribution in [1.29, 1.82) is 0 Å². The van der Waals surface area contributed by atoms with E-state index < -0.39 is 29.8 Å². The van der Waals surface area contributed by atoms with Crippen LogP contribution in [0.15, 0.2) is 54.6 Å². The summed E-state index contributed by atoms with van der Waals surface area (Å²) >= 11 is 0. The van der Waals surface area contributed by atoms with E-state index in [1.807, 2.05) is 30.3 Å². The van der Waals surface area contributed by atoms with Gasteiger partial charge in [-0.05, 0) is 43.4 Å². The van der Waals surface area contributed by atoms with Crippen molar-refractivity contribution in [3.63, 3.8) is 0 Å². The van der Waals surface area contributed by atoms with Gasteiger partial charge in [-0.25, -0.2) is 0 Å². The molecule has 4 amide bonds. The second-order valence-corrected chi connectivity index (χ2v) is 10.9. The number of hydrogen-bond donors (Lipinski definition) is 4. The van der Waals surface area contributed by atoms with Gasteiger partial charge in [-0.3, -0.25) is 19.2 Å². The molecule has 4 rings (SSSR count). The topological polar surface area (TPSA) is 126 Å². The fraction of sp³-hybridized carbons (Fsp3) is 0.500.